The predicted octanol–water partition coefficient (Wildman–Crippen LogP) is 2.10. The first kappa shape index (κ1) is 23.4. The second-order valence-electron chi connectivity index (χ2n) is 8.10. The zero-order chi connectivity index (χ0) is 23.7. The minimum Gasteiger partial charge on any atom is -0.507 e. The second kappa shape index (κ2) is 9.09. The number of hydrogen-bond donors (Lipinski definition) is 4. The Balaban J connectivity index is 2.24. The van der Waals surface area contributed by atoms with Crippen molar-refractivity contribution in [1.29, 1.82) is 0 Å². The Bertz CT molecular complexity index is 1000. The van der Waals surface area contributed by atoms with Gasteiger partial charge in [0.1, 0.15) is 11.5 Å². The molecule has 2 aromatic carbocycles. The third-order valence-electron chi connectivity index (χ3n) is 5.17. The second-order valence-corrected chi connectivity index (χ2v) is 8.10. The summed E-state index contributed by atoms with van der Waals surface area (Å²) in [6, 6.07) is 2.14. The minimum atomic E-state index is -1.31. The van der Waals surface area contributed by atoms with Gasteiger partial charge in [-0.15, -0.1) is 0 Å². The van der Waals surface area contributed by atoms with Crippen LogP contribution in [-0.2, 0) is 0 Å². The van der Waals surface area contributed by atoms with Crippen molar-refractivity contribution in [1.82, 2.24) is 9.80 Å². The van der Waals surface area contributed by atoms with Crippen molar-refractivity contribution in [2.75, 3.05) is 65.0 Å². The summed E-state index contributed by atoms with van der Waals surface area (Å²) in [6.45, 7) is 1.24. The van der Waals surface area contributed by atoms with E-state index in [2.05, 4.69) is 10.6 Å². The number of likely N-dealkylation sites (N-methyl/N-ethyl adjacent to an activating group) is 2. The molecule has 0 radical (unpaired) electrons. The average molecular weight is 448 g/mol. The molecule has 0 fully saturated rings. The van der Waals surface area contributed by atoms with E-state index in [1.54, 1.807) is 38.0 Å². The van der Waals surface area contributed by atoms with Crippen LogP contribution in [0.1, 0.15) is 31.8 Å². The Morgan fingerprint density at radius 3 is 1.38 bits per heavy atom. The maximum absolute atomic E-state index is 15.1. The van der Waals surface area contributed by atoms with Crippen LogP contribution in [-0.4, -0.2) is 85.9 Å². The molecule has 3 rings (SSSR count). The maximum atomic E-state index is 15.1. The highest BCUT2D eigenvalue weighted by Crippen LogP contribution is 2.44. The van der Waals surface area contributed by atoms with Crippen LogP contribution >= 0.6 is 0 Å². The number of nitrogens with zero attached hydrogens (tertiary/aromatic N) is 2. The molecule has 10 heteroatoms. The van der Waals surface area contributed by atoms with E-state index in [4.69, 9.17) is 0 Å². The Morgan fingerprint density at radius 2 is 1.06 bits per heavy atom. The van der Waals surface area contributed by atoms with Crippen molar-refractivity contribution in [2.45, 2.75) is 0 Å². The van der Waals surface area contributed by atoms with E-state index in [0.29, 0.717) is 13.1 Å². The Morgan fingerprint density at radius 1 is 0.719 bits per heavy atom. The molecule has 32 heavy (non-hydrogen) atoms. The number of benzene rings is 2. The van der Waals surface area contributed by atoms with Crippen molar-refractivity contribution in [2.24, 2.45) is 0 Å². The number of hydrogen-bond acceptors (Lipinski definition) is 8. The summed E-state index contributed by atoms with van der Waals surface area (Å²) in [5, 5.41) is 25.9. The lowest BCUT2D eigenvalue weighted by Crippen LogP contribution is -2.29. The number of carbonyl (C=O) groups is 2. The van der Waals surface area contributed by atoms with Gasteiger partial charge in [-0.05, 0) is 40.3 Å². The van der Waals surface area contributed by atoms with Gasteiger partial charge < -0.3 is 30.6 Å². The van der Waals surface area contributed by atoms with Crippen LogP contribution in [0, 0.1) is 11.6 Å². The van der Waals surface area contributed by atoms with Crippen LogP contribution in [0.5, 0.6) is 11.5 Å². The molecule has 0 unspecified atom stereocenters. The molecule has 0 saturated carbocycles. The van der Waals surface area contributed by atoms with Gasteiger partial charge in [-0.25, -0.2) is 8.78 Å². The highest BCUT2D eigenvalue weighted by atomic mass is 19.2. The number of carbonyl (C=O) groups excluding carboxylic acids is 2. The molecule has 1 aliphatic rings. The van der Waals surface area contributed by atoms with E-state index in [0.717, 1.165) is 12.1 Å². The summed E-state index contributed by atoms with van der Waals surface area (Å²) in [4.78, 5) is 30.3. The first-order valence-electron chi connectivity index (χ1n) is 10.0. The van der Waals surface area contributed by atoms with E-state index in [1.807, 2.05) is 0 Å². The molecule has 0 spiro atoms. The van der Waals surface area contributed by atoms with Crippen LogP contribution in [0.4, 0.5) is 20.2 Å². The van der Waals surface area contributed by atoms with Crippen molar-refractivity contribution < 1.29 is 28.6 Å². The van der Waals surface area contributed by atoms with Gasteiger partial charge in [0.05, 0.1) is 33.6 Å². The van der Waals surface area contributed by atoms with Crippen LogP contribution < -0.4 is 10.6 Å². The molecule has 0 saturated heterocycles. The smallest absolute Gasteiger partial charge is 0.200 e. The molecule has 0 heterocycles. The quantitative estimate of drug-likeness (QED) is 0.389. The summed E-state index contributed by atoms with van der Waals surface area (Å²) in [6.07, 6.45) is 0. The molecule has 0 atom stereocenters. The lowest BCUT2D eigenvalue weighted by atomic mass is 9.81. The number of phenols is 2. The molecule has 0 amide bonds. The number of rotatable bonds is 8. The summed E-state index contributed by atoms with van der Waals surface area (Å²) in [5.74, 6) is -5.45. The van der Waals surface area contributed by atoms with Crippen molar-refractivity contribution in [3.05, 3.63) is 46.0 Å². The highest BCUT2D eigenvalue weighted by Gasteiger charge is 2.41. The lowest BCUT2D eigenvalue weighted by Gasteiger charge is -2.26. The van der Waals surface area contributed by atoms with Crippen LogP contribution in [0.3, 0.4) is 0 Å². The number of aromatic hydroxyl groups is 2. The number of anilines is 2. The van der Waals surface area contributed by atoms with Crippen molar-refractivity contribution in [3.63, 3.8) is 0 Å². The number of halogens is 2. The van der Waals surface area contributed by atoms with Gasteiger partial charge in [-0.2, -0.15) is 0 Å². The highest BCUT2D eigenvalue weighted by molar-refractivity contribution is 6.33. The molecule has 2 aromatic rings. The Kier molecular flexibility index (Phi) is 6.65. The SMILES string of the molecule is CN(C)CCNc1c(F)c(F)c(NCCN(C)C)c2c1C(=O)c1c(O)ccc(O)c1C2=O. The van der Waals surface area contributed by atoms with E-state index in [9.17, 15) is 19.8 Å². The van der Waals surface area contributed by atoms with Crippen LogP contribution in [0.15, 0.2) is 12.1 Å². The van der Waals surface area contributed by atoms with Gasteiger partial charge in [0, 0.05) is 26.2 Å². The fourth-order valence-electron chi connectivity index (χ4n) is 3.57. The molecular weight excluding hydrogens is 422 g/mol. The van der Waals surface area contributed by atoms with Gasteiger partial charge in [-0.3, -0.25) is 9.59 Å². The molecule has 0 aliphatic heterocycles. The van der Waals surface area contributed by atoms with Gasteiger partial charge in [0.2, 0.25) is 11.6 Å². The van der Waals surface area contributed by atoms with E-state index < -0.39 is 57.2 Å². The summed E-state index contributed by atoms with van der Waals surface area (Å²) < 4.78 is 30.3. The Hall–Kier alpha value is -3.24. The minimum absolute atomic E-state index is 0.170. The first-order chi connectivity index (χ1) is 15.1. The molecule has 172 valence electrons. The zero-order valence-electron chi connectivity index (χ0n) is 18.3. The van der Waals surface area contributed by atoms with E-state index >= 15 is 8.78 Å². The van der Waals surface area contributed by atoms with E-state index in [1.165, 1.54) is 0 Å². The molecule has 8 nitrogen and oxygen atoms in total. The molecule has 1 aliphatic carbocycles. The fourth-order valence-corrected chi connectivity index (χ4v) is 3.57. The fraction of sp³-hybridized carbons (Fsp3) is 0.364. The summed E-state index contributed by atoms with van der Waals surface area (Å²) >= 11 is 0. The molecular formula is C22H26F2N4O4. The van der Waals surface area contributed by atoms with Gasteiger partial charge in [0.15, 0.2) is 11.6 Å². The third kappa shape index (κ3) is 4.11. The number of fused-ring (bicyclic) bond motifs is 2. The largest absolute Gasteiger partial charge is 0.507 e. The number of phenolic OH excluding ortho intramolecular Hbond substituents is 2. The van der Waals surface area contributed by atoms with Crippen molar-refractivity contribution in [3.8, 4) is 11.5 Å². The first-order valence-corrected chi connectivity index (χ1v) is 10.0. The average Bonchev–Trinajstić information content (AvgIpc) is 2.71. The van der Waals surface area contributed by atoms with Crippen LogP contribution in [0.2, 0.25) is 0 Å². The van der Waals surface area contributed by atoms with Crippen molar-refractivity contribution >= 4 is 22.9 Å². The van der Waals surface area contributed by atoms with Gasteiger partial charge in [-0.1, -0.05) is 0 Å². The van der Waals surface area contributed by atoms with Gasteiger partial charge in [0.25, 0.3) is 0 Å². The maximum Gasteiger partial charge on any atom is 0.200 e. The number of ketones is 2. The van der Waals surface area contributed by atoms with E-state index in [-0.39, 0.29) is 24.2 Å². The topological polar surface area (TPSA) is 105 Å². The molecule has 0 aromatic heterocycles. The molecule has 4 N–H and O–H groups in total. The molecule has 0 bridgehead atoms. The van der Waals surface area contributed by atoms with Gasteiger partial charge >= 0.3 is 0 Å². The predicted molar refractivity (Wildman–Crippen MR) is 117 cm³/mol. The summed E-state index contributed by atoms with van der Waals surface area (Å²) in [5.41, 5.74) is -2.55. The number of nitrogens with one attached hydrogen (secondary N) is 2. The lowest BCUT2D eigenvalue weighted by molar-refractivity contribution is 0.0974. The standard InChI is InChI=1S/C22H26F2N4O4/c1-27(2)9-7-25-19-15-16(20(18(24)17(19)23)26-8-10-28(3)4)22(32)14-12(30)6-5-11(29)13(14)21(15)31/h5-6,25-26,29-30H,7-10H2,1-4H3. The normalized spacial score (nSPS) is 12.9. The van der Waals surface area contributed by atoms with Crippen LogP contribution in [0.25, 0.3) is 0 Å². The third-order valence-corrected chi connectivity index (χ3v) is 5.17. The monoisotopic (exact) mass is 448 g/mol. The summed E-state index contributed by atoms with van der Waals surface area (Å²) in [7, 11) is 7.16. The zero-order valence-corrected chi connectivity index (χ0v) is 18.3. The Labute approximate surface area is 184 Å².